The molecule has 8 heteroatoms. The van der Waals surface area contributed by atoms with Gasteiger partial charge < -0.3 is 15.1 Å². The van der Waals surface area contributed by atoms with E-state index < -0.39 is 11.6 Å². The van der Waals surface area contributed by atoms with E-state index in [1.165, 1.54) is 12.1 Å². The number of hydrogen-bond donors (Lipinski definition) is 1. The third kappa shape index (κ3) is 5.13. The fourth-order valence-electron chi connectivity index (χ4n) is 4.62. The number of halogens is 4. The second-order valence-electron chi connectivity index (χ2n) is 8.11. The summed E-state index contributed by atoms with van der Waals surface area (Å²) in [5.41, 5.74) is 2.69. The molecule has 1 N–H and O–H groups in total. The highest BCUT2D eigenvalue weighted by Crippen LogP contribution is 2.34. The van der Waals surface area contributed by atoms with Crippen molar-refractivity contribution in [3.05, 3.63) is 64.2 Å². The van der Waals surface area contributed by atoms with Crippen LogP contribution in [0.4, 0.5) is 14.5 Å². The van der Waals surface area contributed by atoms with Crippen molar-refractivity contribution in [3.8, 4) is 0 Å². The van der Waals surface area contributed by atoms with E-state index in [1.807, 2.05) is 23.1 Å². The molecule has 2 aromatic carbocycles. The van der Waals surface area contributed by atoms with Crippen molar-refractivity contribution < 1.29 is 13.6 Å². The summed E-state index contributed by atoms with van der Waals surface area (Å²) in [5, 5.41) is 3.97. The largest absolute Gasteiger partial charge is 0.368 e. The zero-order valence-electron chi connectivity index (χ0n) is 17.4. The number of piperazine rings is 1. The van der Waals surface area contributed by atoms with Crippen molar-refractivity contribution >= 4 is 35.6 Å². The average Bonchev–Trinajstić information content (AvgIpc) is 2.75. The first kappa shape index (κ1) is 23.8. The van der Waals surface area contributed by atoms with Crippen molar-refractivity contribution in [1.29, 1.82) is 0 Å². The normalized spacial score (nSPS) is 21.5. The lowest BCUT2D eigenvalue weighted by molar-refractivity contribution is -0.137. The van der Waals surface area contributed by atoms with Gasteiger partial charge in [0.05, 0.1) is 5.92 Å². The van der Waals surface area contributed by atoms with Crippen LogP contribution in [0.2, 0.25) is 5.02 Å². The smallest absolute Gasteiger partial charge is 0.227 e. The molecule has 31 heavy (non-hydrogen) atoms. The molecule has 4 rings (SSSR count). The summed E-state index contributed by atoms with van der Waals surface area (Å²) in [6, 6.07) is 9.52. The minimum atomic E-state index is -0.597. The van der Waals surface area contributed by atoms with Crippen LogP contribution in [-0.4, -0.2) is 50.1 Å². The Bertz CT molecular complexity index is 935. The molecule has 2 heterocycles. The number of hydrogen-bond acceptors (Lipinski definition) is 3. The Balaban J connectivity index is 0.00000272. The molecule has 2 aliphatic heterocycles. The van der Waals surface area contributed by atoms with Crippen molar-refractivity contribution in [3.63, 3.8) is 0 Å². The van der Waals surface area contributed by atoms with E-state index in [-0.39, 0.29) is 30.2 Å². The summed E-state index contributed by atoms with van der Waals surface area (Å²) in [7, 11) is 0. The summed E-state index contributed by atoms with van der Waals surface area (Å²) in [6.45, 7) is 5.95. The number of carbonyl (C=O) groups is 1. The number of amides is 1. The van der Waals surface area contributed by atoms with Crippen LogP contribution < -0.4 is 10.2 Å². The fourth-order valence-corrected chi connectivity index (χ4v) is 4.78. The highest BCUT2D eigenvalue weighted by Gasteiger charge is 2.37. The van der Waals surface area contributed by atoms with Crippen molar-refractivity contribution in [2.45, 2.75) is 19.3 Å². The summed E-state index contributed by atoms with van der Waals surface area (Å²) < 4.78 is 27.8. The lowest BCUT2D eigenvalue weighted by Gasteiger charge is -2.40. The van der Waals surface area contributed by atoms with Crippen LogP contribution in [0.5, 0.6) is 0 Å². The van der Waals surface area contributed by atoms with E-state index in [9.17, 15) is 13.6 Å². The SMILES string of the molecule is Cc1ccc(Cl)cc1N1CCN(C(=O)C2CNCCC2c2ccc(F)cc2F)CC1.Cl. The Morgan fingerprint density at radius 1 is 1.10 bits per heavy atom. The Labute approximate surface area is 193 Å². The highest BCUT2D eigenvalue weighted by atomic mass is 35.5. The lowest BCUT2D eigenvalue weighted by Crippen LogP contribution is -2.53. The van der Waals surface area contributed by atoms with Gasteiger partial charge in [-0.1, -0.05) is 23.7 Å². The average molecular weight is 470 g/mol. The number of rotatable bonds is 3. The summed E-state index contributed by atoms with van der Waals surface area (Å²) in [4.78, 5) is 17.5. The summed E-state index contributed by atoms with van der Waals surface area (Å²) >= 11 is 6.16. The maximum Gasteiger partial charge on any atom is 0.227 e. The van der Waals surface area contributed by atoms with Crippen LogP contribution in [0.3, 0.4) is 0 Å². The summed E-state index contributed by atoms with van der Waals surface area (Å²) in [5.74, 6) is -1.72. The van der Waals surface area contributed by atoms with Crippen LogP contribution >= 0.6 is 24.0 Å². The standard InChI is InChI=1S/C23H26ClF2N3O.ClH/c1-15-2-3-16(24)12-22(15)28-8-10-29(11-9-28)23(30)20-14-27-7-6-18(20)19-5-4-17(25)13-21(19)26;/h2-5,12-13,18,20,27H,6-11,14H2,1H3;1H. The molecule has 2 aliphatic rings. The minimum absolute atomic E-state index is 0. The van der Waals surface area contributed by atoms with E-state index in [2.05, 4.69) is 17.1 Å². The maximum atomic E-state index is 14.4. The molecule has 2 aromatic rings. The molecule has 0 radical (unpaired) electrons. The molecule has 0 bridgehead atoms. The number of carbonyl (C=O) groups excluding carboxylic acids is 1. The maximum absolute atomic E-state index is 14.4. The molecule has 0 saturated carbocycles. The minimum Gasteiger partial charge on any atom is -0.368 e. The fraction of sp³-hybridized carbons (Fsp3) is 0.435. The number of nitrogens with zero attached hydrogens (tertiary/aromatic N) is 2. The molecular weight excluding hydrogens is 443 g/mol. The van der Waals surface area contributed by atoms with Gasteiger partial charge in [0.1, 0.15) is 11.6 Å². The predicted octanol–water partition coefficient (Wildman–Crippen LogP) is 4.39. The molecule has 2 fully saturated rings. The Kier molecular flexibility index (Phi) is 7.78. The number of aryl methyl sites for hydroxylation is 1. The van der Waals surface area contributed by atoms with Crippen molar-refractivity contribution in [1.82, 2.24) is 10.2 Å². The van der Waals surface area contributed by atoms with Gasteiger partial charge in [-0.05, 0) is 49.2 Å². The lowest BCUT2D eigenvalue weighted by atomic mass is 9.80. The predicted molar refractivity (Wildman–Crippen MR) is 122 cm³/mol. The Hall–Kier alpha value is -1.89. The van der Waals surface area contributed by atoms with Crippen molar-refractivity contribution in [2.24, 2.45) is 5.92 Å². The molecule has 2 unspecified atom stereocenters. The molecule has 168 valence electrons. The third-order valence-electron chi connectivity index (χ3n) is 6.26. The van der Waals surface area contributed by atoms with Gasteiger partial charge in [0.15, 0.2) is 0 Å². The Morgan fingerprint density at radius 2 is 1.84 bits per heavy atom. The molecule has 0 spiro atoms. The Morgan fingerprint density at radius 3 is 2.55 bits per heavy atom. The summed E-state index contributed by atoms with van der Waals surface area (Å²) in [6.07, 6.45) is 0.653. The number of piperidine rings is 1. The monoisotopic (exact) mass is 469 g/mol. The van der Waals surface area contributed by atoms with Crippen LogP contribution in [0.1, 0.15) is 23.5 Å². The zero-order valence-corrected chi connectivity index (χ0v) is 19.0. The second-order valence-corrected chi connectivity index (χ2v) is 8.55. The first-order valence-electron chi connectivity index (χ1n) is 10.4. The third-order valence-corrected chi connectivity index (χ3v) is 6.50. The molecular formula is C23H27Cl2F2N3O. The number of nitrogens with one attached hydrogen (secondary N) is 1. The van der Waals surface area contributed by atoms with E-state index in [4.69, 9.17) is 11.6 Å². The van der Waals surface area contributed by atoms with Gasteiger partial charge in [-0.3, -0.25) is 4.79 Å². The van der Waals surface area contributed by atoms with Gasteiger partial charge in [0.2, 0.25) is 5.91 Å². The van der Waals surface area contributed by atoms with E-state index in [1.54, 1.807) is 0 Å². The van der Waals surface area contributed by atoms with Gasteiger partial charge in [0, 0.05) is 55.4 Å². The second kappa shape index (κ2) is 10.2. The van der Waals surface area contributed by atoms with Gasteiger partial charge in [-0.15, -0.1) is 12.4 Å². The molecule has 1 amide bonds. The van der Waals surface area contributed by atoms with E-state index in [0.29, 0.717) is 43.2 Å². The van der Waals surface area contributed by atoms with Crippen LogP contribution in [0.15, 0.2) is 36.4 Å². The first-order chi connectivity index (χ1) is 14.4. The molecule has 4 nitrogen and oxygen atoms in total. The first-order valence-corrected chi connectivity index (χ1v) is 10.8. The topological polar surface area (TPSA) is 35.6 Å². The van der Waals surface area contributed by atoms with E-state index in [0.717, 1.165) is 30.4 Å². The van der Waals surface area contributed by atoms with Crippen LogP contribution in [0, 0.1) is 24.5 Å². The number of benzene rings is 2. The molecule has 2 atom stereocenters. The van der Waals surface area contributed by atoms with Gasteiger partial charge in [0.25, 0.3) is 0 Å². The highest BCUT2D eigenvalue weighted by molar-refractivity contribution is 6.30. The van der Waals surface area contributed by atoms with Gasteiger partial charge >= 0.3 is 0 Å². The van der Waals surface area contributed by atoms with Crippen LogP contribution in [0.25, 0.3) is 0 Å². The van der Waals surface area contributed by atoms with Gasteiger partial charge in [-0.25, -0.2) is 8.78 Å². The molecule has 0 aliphatic carbocycles. The molecule has 2 saturated heterocycles. The van der Waals surface area contributed by atoms with Crippen molar-refractivity contribution in [2.75, 3.05) is 44.2 Å². The van der Waals surface area contributed by atoms with Crippen LogP contribution in [-0.2, 0) is 4.79 Å². The number of anilines is 1. The molecule has 0 aromatic heterocycles. The zero-order chi connectivity index (χ0) is 21.3. The van der Waals surface area contributed by atoms with Gasteiger partial charge in [-0.2, -0.15) is 0 Å². The quantitative estimate of drug-likeness (QED) is 0.723. The van der Waals surface area contributed by atoms with E-state index >= 15 is 0 Å².